The Morgan fingerprint density at radius 2 is 1.89 bits per heavy atom. The molecule has 8 nitrogen and oxygen atoms in total. The van der Waals surface area contributed by atoms with Crippen molar-refractivity contribution in [2.45, 2.75) is 46.8 Å². The summed E-state index contributed by atoms with van der Waals surface area (Å²) < 4.78 is 56.8. The monoisotopic (exact) mass is 535 g/mol. The fourth-order valence-corrected chi connectivity index (χ4v) is 3.56. The van der Waals surface area contributed by atoms with Gasteiger partial charge in [0.2, 0.25) is 0 Å². The van der Waals surface area contributed by atoms with E-state index in [-0.39, 0.29) is 30.2 Å². The van der Waals surface area contributed by atoms with Gasteiger partial charge in [0.1, 0.15) is 24.0 Å². The predicted octanol–water partition coefficient (Wildman–Crippen LogP) is 5.28. The Morgan fingerprint density at radius 1 is 1.18 bits per heavy atom. The predicted molar refractivity (Wildman–Crippen MR) is 135 cm³/mol. The summed E-state index contributed by atoms with van der Waals surface area (Å²) in [4.78, 5) is 24.9. The van der Waals surface area contributed by atoms with E-state index in [0.717, 1.165) is 42.6 Å². The summed E-state index contributed by atoms with van der Waals surface area (Å²) in [7, 11) is 1.43. The quantitative estimate of drug-likeness (QED) is 0.172. The van der Waals surface area contributed by atoms with Crippen molar-refractivity contribution in [3.63, 3.8) is 0 Å². The number of nitrogens with one attached hydrogen (secondary N) is 1. The first-order valence-electron chi connectivity index (χ1n) is 12.0. The number of alkyl halides is 3. The number of ether oxygens (including phenoxy) is 3. The molecule has 0 radical (unpaired) electrons. The van der Waals surface area contributed by atoms with Gasteiger partial charge in [-0.1, -0.05) is 13.8 Å². The van der Waals surface area contributed by atoms with Gasteiger partial charge in [0.15, 0.2) is 6.61 Å². The number of carbonyl (C=O) groups is 2. The molecular formula is C27H32F3N3O5. The number of anilines is 1. The smallest absolute Gasteiger partial charge is 0.416 e. The number of halogens is 3. The Hall–Kier alpha value is -3.78. The van der Waals surface area contributed by atoms with E-state index in [4.69, 9.17) is 14.2 Å². The molecule has 1 N–H and O–H groups in total. The Kier molecular flexibility index (Phi) is 11.0. The Bertz CT molecular complexity index is 1210. The molecule has 0 aliphatic heterocycles. The van der Waals surface area contributed by atoms with Crippen LogP contribution in [-0.2, 0) is 31.8 Å². The molecule has 0 aliphatic carbocycles. The molecule has 0 saturated carbocycles. The highest BCUT2D eigenvalue weighted by atomic mass is 19.4. The van der Waals surface area contributed by atoms with Crippen molar-refractivity contribution in [2.24, 2.45) is 5.92 Å². The second kappa shape index (κ2) is 13.7. The number of aromatic nitrogens is 1. The Balaban J connectivity index is 2.12. The molecule has 0 bridgehead atoms. The number of esters is 1. The van der Waals surface area contributed by atoms with Gasteiger partial charge in [-0.3, -0.25) is 4.79 Å². The van der Waals surface area contributed by atoms with Crippen molar-refractivity contribution in [3.05, 3.63) is 52.4 Å². The molecule has 0 aliphatic rings. The lowest BCUT2D eigenvalue weighted by molar-refractivity contribution is -0.142. The lowest BCUT2D eigenvalue weighted by Gasteiger charge is -2.15. The number of amides is 1. The van der Waals surface area contributed by atoms with Gasteiger partial charge in [0, 0.05) is 25.0 Å². The molecular weight excluding hydrogens is 503 g/mol. The molecule has 1 aromatic heterocycles. The van der Waals surface area contributed by atoms with Crippen LogP contribution >= 0.6 is 0 Å². The number of aryl methyl sites for hydroxylation is 1. The molecule has 2 rings (SSSR count). The molecule has 0 spiro atoms. The van der Waals surface area contributed by atoms with Gasteiger partial charge in [-0.25, -0.2) is 4.79 Å². The summed E-state index contributed by atoms with van der Waals surface area (Å²) in [5.41, 5.74) is 0.970. The minimum Gasteiger partial charge on any atom is -0.489 e. The summed E-state index contributed by atoms with van der Waals surface area (Å²) in [5, 5.41) is 11.8. The molecule has 2 aromatic rings. The SMILES string of the molecule is COCCOc1ccc(C(F)(F)F)cc1NC(=O)COC(=O)C(C#N)=Cc1cc(C)n(CCC(C)C)c1C. The number of rotatable bonds is 12. The summed E-state index contributed by atoms with van der Waals surface area (Å²) in [6, 6.07) is 6.25. The van der Waals surface area contributed by atoms with Gasteiger partial charge in [0.25, 0.3) is 5.91 Å². The van der Waals surface area contributed by atoms with Crippen LogP contribution in [0.2, 0.25) is 0 Å². The third-order valence-electron chi connectivity index (χ3n) is 5.64. The highest BCUT2D eigenvalue weighted by Crippen LogP contribution is 2.35. The van der Waals surface area contributed by atoms with E-state index in [9.17, 15) is 28.0 Å². The van der Waals surface area contributed by atoms with Crippen LogP contribution in [0.5, 0.6) is 5.75 Å². The van der Waals surface area contributed by atoms with Crippen LogP contribution in [-0.4, -0.2) is 43.4 Å². The average molecular weight is 536 g/mol. The lowest BCUT2D eigenvalue weighted by Crippen LogP contribution is -2.22. The normalized spacial score (nSPS) is 11.8. The Morgan fingerprint density at radius 3 is 2.50 bits per heavy atom. The summed E-state index contributed by atoms with van der Waals surface area (Å²) in [6.45, 7) is 8.24. The number of methoxy groups -OCH3 is 1. The molecule has 0 fully saturated rings. The second-order valence-electron chi connectivity index (χ2n) is 9.00. The molecule has 1 amide bonds. The van der Waals surface area contributed by atoms with Crippen molar-refractivity contribution >= 4 is 23.6 Å². The fraction of sp³-hybridized carbons (Fsp3) is 0.444. The van der Waals surface area contributed by atoms with E-state index in [1.807, 2.05) is 19.9 Å². The van der Waals surface area contributed by atoms with E-state index in [0.29, 0.717) is 11.5 Å². The third kappa shape index (κ3) is 8.66. The molecule has 0 unspecified atom stereocenters. The minimum absolute atomic E-state index is 0.0137. The van der Waals surface area contributed by atoms with Gasteiger partial charge in [-0.05, 0) is 62.1 Å². The zero-order valence-electron chi connectivity index (χ0n) is 22.1. The maximum Gasteiger partial charge on any atom is 0.416 e. The van der Waals surface area contributed by atoms with Crippen molar-refractivity contribution < 1.29 is 37.0 Å². The lowest BCUT2D eigenvalue weighted by atomic mass is 10.1. The first-order chi connectivity index (χ1) is 17.9. The summed E-state index contributed by atoms with van der Waals surface area (Å²) in [5.74, 6) is -1.44. The van der Waals surface area contributed by atoms with E-state index in [1.54, 1.807) is 6.07 Å². The van der Waals surface area contributed by atoms with E-state index < -0.39 is 30.2 Å². The summed E-state index contributed by atoms with van der Waals surface area (Å²) >= 11 is 0. The zero-order valence-corrected chi connectivity index (χ0v) is 22.1. The van der Waals surface area contributed by atoms with Crippen LogP contribution in [0.1, 0.15) is 42.8 Å². The first-order valence-corrected chi connectivity index (χ1v) is 12.0. The molecule has 11 heteroatoms. The van der Waals surface area contributed by atoms with Gasteiger partial charge >= 0.3 is 12.1 Å². The van der Waals surface area contributed by atoms with Crippen LogP contribution < -0.4 is 10.1 Å². The number of nitriles is 1. The number of benzene rings is 1. The van der Waals surface area contributed by atoms with Crippen LogP contribution in [0, 0.1) is 31.1 Å². The Labute approximate surface area is 220 Å². The molecule has 38 heavy (non-hydrogen) atoms. The minimum atomic E-state index is -4.65. The molecule has 1 heterocycles. The molecule has 0 atom stereocenters. The van der Waals surface area contributed by atoms with Crippen molar-refractivity contribution in [3.8, 4) is 11.8 Å². The second-order valence-corrected chi connectivity index (χ2v) is 9.00. The zero-order chi connectivity index (χ0) is 28.5. The van der Waals surface area contributed by atoms with Gasteiger partial charge in [-0.2, -0.15) is 18.4 Å². The first kappa shape index (κ1) is 30.4. The van der Waals surface area contributed by atoms with Crippen molar-refractivity contribution in [1.29, 1.82) is 5.26 Å². The van der Waals surface area contributed by atoms with E-state index >= 15 is 0 Å². The standard InChI is InChI=1S/C27H32F3N3O5/c1-17(2)8-9-33-18(3)12-20(19(33)4)13-21(15-31)26(35)38-16-25(34)32-23-14-22(27(28,29)30)6-7-24(23)37-11-10-36-5/h6-7,12-14,17H,8-11,16H2,1-5H3,(H,32,34). The molecule has 1 aromatic carbocycles. The highest BCUT2D eigenvalue weighted by molar-refractivity contribution is 6.00. The van der Waals surface area contributed by atoms with Crippen LogP contribution in [0.15, 0.2) is 29.8 Å². The largest absolute Gasteiger partial charge is 0.489 e. The van der Waals surface area contributed by atoms with E-state index in [1.165, 1.54) is 13.2 Å². The van der Waals surface area contributed by atoms with Crippen molar-refractivity contribution in [1.82, 2.24) is 4.57 Å². The fourth-order valence-electron chi connectivity index (χ4n) is 3.56. The van der Waals surface area contributed by atoms with Crippen LogP contribution in [0.25, 0.3) is 6.08 Å². The van der Waals surface area contributed by atoms with E-state index in [2.05, 4.69) is 23.7 Å². The molecule has 0 saturated heterocycles. The van der Waals surface area contributed by atoms with Gasteiger partial charge in [0.05, 0.1) is 17.9 Å². The number of hydrogen-bond acceptors (Lipinski definition) is 6. The van der Waals surface area contributed by atoms with Gasteiger partial charge in [-0.15, -0.1) is 0 Å². The van der Waals surface area contributed by atoms with Gasteiger partial charge < -0.3 is 24.1 Å². The molecule has 206 valence electrons. The van der Waals surface area contributed by atoms with Crippen LogP contribution in [0.3, 0.4) is 0 Å². The highest BCUT2D eigenvalue weighted by Gasteiger charge is 2.31. The number of carbonyl (C=O) groups excluding carboxylic acids is 2. The average Bonchev–Trinajstić information content (AvgIpc) is 3.11. The number of hydrogen-bond donors (Lipinski definition) is 1. The topological polar surface area (TPSA) is 103 Å². The van der Waals surface area contributed by atoms with Crippen molar-refractivity contribution in [2.75, 3.05) is 32.2 Å². The summed E-state index contributed by atoms with van der Waals surface area (Å²) in [6.07, 6.45) is -2.29. The van der Waals surface area contributed by atoms with Crippen LogP contribution in [0.4, 0.5) is 18.9 Å². The maximum atomic E-state index is 13.2. The third-order valence-corrected chi connectivity index (χ3v) is 5.64. The maximum absolute atomic E-state index is 13.2. The number of nitrogens with zero attached hydrogens (tertiary/aromatic N) is 2.